The average molecular weight is 227 g/mol. The molecule has 3 nitrogen and oxygen atoms in total. The topological polar surface area (TPSA) is 29.5 Å². The molecule has 16 heavy (non-hydrogen) atoms. The normalized spacial score (nSPS) is 22.0. The number of carbonyl (C=O) groups is 1. The van der Waals surface area contributed by atoms with E-state index < -0.39 is 0 Å². The van der Waals surface area contributed by atoms with E-state index in [1.165, 1.54) is 0 Å². The molecular weight excluding hydrogens is 202 g/mol. The minimum absolute atomic E-state index is 0.181. The van der Waals surface area contributed by atoms with Gasteiger partial charge in [-0.15, -0.1) is 0 Å². The number of ether oxygens (including phenoxy) is 1. The number of hydrogen-bond acceptors (Lipinski definition) is 3. The molecule has 0 radical (unpaired) electrons. The van der Waals surface area contributed by atoms with Gasteiger partial charge < -0.3 is 14.4 Å². The third kappa shape index (κ3) is 4.22. The van der Waals surface area contributed by atoms with Gasteiger partial charge in [0.15, 0.2) is 0 Å². The molecule has 0 amide bonds. The quantitative estimate of drug-likeness (QED) is 0.650. The Hall–Kier alpha value is -0.410. The second-order valence-electron chi connectivity index (χ2n) is 5.38. The molecule has 1 heterocycles. The first-order valence-electron chi connectivity index (χ1n) is 6.32. The van der Waals surface area contributed by atoms with Gasteiger partial charge in [-0.05, 0) is 32.2 Å². The Kier molecular flexibility index (Phi) is 5.42. The van der Waals surface area contributed by atoms with Gasteiger partial charge in [0.2, 0.25) is 0 Å². The second kappa shape index (κ2) is 6.36. The molecule has 1 rings (SSSR count). The third-order valence-corrected chi connectivity index (χ3v) is 3.63. The van der Waals surface area contributed by atoms with Crippen LogP contribution in [0.5, 0.6) is 0 Å². The summed E-state index contributed by atoms with van der Waals surface area (Å²) in [5, 5.41) is 0. The molecule has 1 aliphatic rings. The molecule has 0 aromatic rings. The first kappa shape index (κ1) is 13.7. The summed E-state index contributed by atoms with van der Waals surface area (Å²) in [5.74, 6) is 0.742. The van der Waals surface area contributed by atoms with E-state index in [0.29, 0.717) is 0 Å². The van der Waals surface area contributed by atoms with Gasteiger partial charge in [-0.3, -0.25) is 0 Å². The molecule has 0 spiro atoms. The van der Waals surface area contributed by atoms with Crippen LogP contribution in [0.2, 0.25) is 0 Å². The van der Waals surface area contributed by atoms with Gasteiger partial charge in [-0.25, -0.2) is 0 Å². The fraction of sp³-hybridized carbons (Fsp3) is 0.923. The van der Waals surface area contributed by atoms with Crippen molar-refractivity contribution in [1.82, 2.24) is 4.90 Å². The van der Waals surface area contributed by atoms with E-state index in [-0.39, 0.29) is 5.41 Å². The predicted octanol–water partition coefficient (Wildman–Crippen LogP) is 1.96. The Labute approximate surface area is 99.1 Å². The number of nitrogens with zero attached hydrogens (tertiary/aromatic N) is 1. The lowest BCUT2D eigenvalue weighted by atomic mass is 9.88. The highest BCUT2D eigenvalue weighted by molar-refractivity contribution is 5.58. The lowest BCUT2D eigenvalue weighted by Gasteiger charge is -2.32. The molecule has 1 unspecified atom stereocenters. The van der Waals surface area contributed by atoms with Gasteiger partial charge in [0.1, 0.15) is 6.29 Å². The molecule has 1 saturated heterocycles. The van der Waals surface area contributed by atoms with Crippen molar-refractivity contribution in [3.8, 4) is 0 Å². The molecule has 0 aromatic carbocycles. The van der Waals surface area contributed by atoms with Crippen LogP contribution < -0.4 is 0 Å². The van der Waals surface area contributed by atoms with Gasteiger partial charge in [0.05, 0.1) is 0 Å². The van der Waals surface area contributed by atoms with Crippen LogP contribution in [0.3, 0.4) is 0 Å². The zero-order valence-corrected chi connectivity index (χ0v) is 10.9. The Morgan fingerprint density at radius 2 is 2.06 bits per heavy atom. The monoisotopic (exact) mass is 227 g/mol. The smallest absolute Gasteiger partial charge is 0.127 e. The number of hydrogen-bond donors (Lipinski definition) is 0. The predicted molar refractivity (Wildman–Crippen MR) is 65.5 cm³/mol. The standard InChI is InChI=1S/C13H25NO2/c1-4-13(2,11-15)10-14(3)9-12-5-7-16-8-6-12/h11-12H,4-10H2,1-3H3. The van der Waals surface area contributed by atoms with E-state index in [9.17, 15) is 4.79 Å². The molecular formula is C13H25NO2. The minimum Gasteiger partial charge on any atom is -0.381 e. The molecule has 1 aliphatic heterocycles. The van der Waals surface area contributed by atoms with E-state index in [0.717, 1.165) is 57.8 Å². The van der Waals surface area contributed by atoms with Crippen molar-refractivity contribution in [2.75, 3.05) is 33.4 Å². The number of aldehydes is 1. The van der Waals surface area contributed by atoms with Gasteiger partial charge in [0.25, 0.3) is 0 Å². The Morgan fingerprint density at radius 1 is 1.44 bits per heavy atom. The maximum atomic E-state index is 11.0. The number of rotatable bonds is 6. The van der Waals surface area contributed by atoms with Crippen LogP contribution in [0.15, 0.2) is 0 Å². The van der Waals surface area contributed by atoms with Crippen molar-refractivity contribution in [3.05, 3.63) is 0 Å². The zero-order valence-electron chi connectivity index (χ0n) is 10.9. The van der Waals surface area contributed by atoms with Crippen molar-refractivity contribution >= 4 is 6.29 Å². The molecule has 0 bridgehead atoms. The Balaban J connectivity index is 2.33. The highest BCUT2D eigenvalue weighted by atomic mass is 16.5. The van der Waals surface area contributed by atoms with E-state index in [1.54, 1.807) is 0 Å². The van der Waals surface area contributed by atoms with Crippen LogP contribution in [0, 0.1) is 11.3 Å². The zero-order chi connectivity index (χ0) is 12.0. The van der Waals surface area contributed by atoms with Crippen molar-refractivity contribution < 1.29 is 9.53 Å². The molecule has 0 N–H and O–H groups in total. The molecule has 1 fully saturated rings. The van der Waals surface area contributed by atoms with Gasteiger partial charge >= 0.3 is 0 Å². The molecule has 0 aliphatic carbocycles. The molecule has 94 valence electrons. The summed E-state index contributed by atoms with van der Waals surface area (Å²) >= 11 is 0. The van der Waals surface area contributed by atoms with Crippen molar-refractivity contribution in [2.45, 2.75) is 33.1 Å². The summed E-state index contributed by atoms with van der Waals surface area (Å²) in [6, 6.07) is 0. The van der Waals surface area contributed by atoms with Gasteiger partial charge in [0, 0.05) is 31.7 Å². The molecule has 0 saturated carbocycles. The van der Waals surface area contributed by atoms with Crippen molar-refractivity contribution in [2.24, 2.45) is 11.3 Å². The van der Waals surface area contributed by atoms with Crippen molar-refractivity contribution in [1.29, 1.82) is 0 Å². The van der Waals surface area contributed by atoms with Gasteiger partial charge in [-0.2, -0.15) is 0 Å². The van der Waals surface area contributed by atoms with Gasteiger partial charge in [-0.1, -0.05) is 13.8 Å². The second-order valence-corrected chi connectivity index (χ2v) is 5.38. The maximum Gasteiger partial charge on any atom is 0.127 e. The van der Waals surface area contributed by atoms with Crippen molar-refractivity contribution in [3.63, 3.8) is 0 Å². The Morgan fingerprint density at radius 3 is 2.56 bits per heavy atom. The van der Waals surface area contributed by atoms with E-state index in [4.69, 9.17) is 4.74 Å². The van der Waals surface area contributed by atoms with Crippen LogP contribution in [0.25, 0.3) is 0 Å². The largest absolute Gasteiger partial charge is 0.381 e. The van der Waals surface area contributed by atoms with Crippen LogP contribution >= 0.6 is 0 Å². The summed E-state index contributed by atoms with van der Waals surface area (Å²) in [6.45, 7) is 7.88. The van der Waals surface area contributed by atoms with E-state index in [1.807, 2.05) is 6.92 Å². The highest BCUT2D eigenvalue weighted by Crippen LogP contribution is 2.21. The Bertz CT molecular complexity index is 214. The SMILES string of the molecule is CCC(C)(C=O)CN(C)CC1CCOCC1. The van der Waals surface area contributed by atoms with Crippen LogP contribution in [0.4, 0.5) is 0 Å². The fourth-order valence-corrected chi connectivity index (χ4v) is 2.28. The maximum absolute atomic E-state index is 11.0. The summed E-state index contributed by atoms with van der Waals surface area (Å²) in [5.41, 5.74) is -0.181. The number of carbonyl (C=O) groups excluding carboxylic acids is 1. The molecule has 0 aromatic heterocycles. The highest BCUT2D eigenvalue weighted by Gasteiger charge is 2.24. The average Bonchev–Trinajstić information content (AvgIpc) is 2.30. The summed E-state index contributed by atoms with van der Waals surface area (Å²) in [7, 11) is 2.12. The van der Waals surface area contributed by atoms with E-state index in [2.05, 4.69) is 18.9 Å². The molecule has 3 heteroatoms. The first-order chi connectivity index (χ1) is 7.59. The first-order valence-corrected chi connectivity index (χ1v) is 6.32. The lowest BCUT2D eigenvalue weighted by molar-refractivity contribution is -0.116. The van der Waals surface area contributed by atoms with Crippen LogP contribution in [-0.4, -0.2) is 44.5 Å². The molecule has 1 atom stereocenters. The summed E-state index contributed by atoms with van der Waals surface area (Å²) < 4.78 is 5.35. The fourth-order valence-electron chi connectivity index (χ4n) is 2.28. The van der Waals surface area contributed by atoms with E-state index >= 15 is 0 Å². The van der Waals surface area contributed by atoms with Crippen LogP contribution in [0.1, 0.15) is 33.1 Å². The third-order valence-electron chi connectivity index (χ3n) is 3.63. The van der Waals surface area contributed by atoms with Crippen LogP contribution in [-0.2, 0) is 9.53 Å². The summed E-state index contributed by atoms with van der Waals surface area (Å²) in [4.78, 5) is 13.3. The minimum atomic E-state index is -0.181. The summed E-state index contributed by atoms with van der Waals surface area (Å²) in [6.07, 6.45) is 4.34. The lowest BCUT2D eigenvalue weighted by Crippen LogP contribution is -2.38.